The Morgan fingerprint density at radius 3 is 2.60 bits per heavy atom. The molecule has 2 aromatic carbocycles. The van der Waals surface area contributed by atoms with Gasteiger partial charge in [0.25, 0.3) is 0 Å². The molecule has 1 amide bonds. The fraction of sp³-hybridized carbons (Fsp3) is 0.188. The maximum atomic E-state index is 12.1. The monoisotopic (exact) mass is 270 g/mol. The molecular weight excluding hydrogens is 252 g/mol. The van der Waals surface area contributed by atoms with Gasteiger partial charge >= 0.3 is 0 Å². The van der Waals surface area contributed by atoms with E-state index in [4.69, 9.17) is 10.8 Å². The Hall–Kier alpha value is -2.17. The molecule has 0 fully saturated rings. The van der Waals surface area contributed by atoms with E-state index < -0.39 is 6.04 Å². The van der Waals surface area contributed by atoms with Crippen LogP contribution >= 0.6 is 0 Å². The van der Waals surface area contributed by atoms with E-state index in [1.807, 2.05) is 31.2 Å². The normalized spacial score (nSPS) is 11.9. The van der Waals surface area contributed by atoms with Gasteiger partial charge in [0.1, 0.15) is 6.04 Å². The van der Waals surface area contributed by atoms with E-state index in [2.05, 4.69) is 5.32 Å². The Kier molecular flexibility index (Phi) is 4.50. The third-order valence-electron chi connectivity index (χ3n) is 3.10. The summed E-state index contributed by atoms with van der Waals surface area (Å²) in [4.78, 5) is 12.1. The third kappa shape index (κ3) is 3.44. The third-order valence-corrected chi connectivity index (χ3v) is 3.10. The van der Waals surface area contributed by atoms with Crippen LogP contribution in [0.1, 0.15) is 22.7 Å². The van der Waals surface area contributed by atoms with Crippen LogP contribution in [-0.2, 0) is 11.4 Å². The summed E-state index contributed by atoms with van der Waals surface area (Å²) in [6, 6.07) is 13.9. The molecule has 1 unspecified atom stereocenters. The quantitative estimate of drug-likeness (QED) is 0.796. The highest BCUT2D eigenvalue weighted by molar-refractivity contribution is 5.95. The molecule has 4 N–H and O–H groups in total. The average molecular weight is 270 g/mol. The molecule has 0 aliphatic carbocycles. The predicted molar refractivity (Wildman–Crippen MR) is 79.1 cm³/mol. The maximum absolute atomic E-state index is 12.1. The highest BCUT2D eigenvalue weighted by Crippen LogP contribution is 2.16. The summed E-state index contributed by atoms with van der Waals surface area (Å²) in [5, 5.41) is 11.8. The fourth-order valence-electron chi connectivity index (χ4n) is 1.89. The number of benzene rings is 2. The van der Waals surface area contributed by atoms with Gasteiger partial charge in [-0.1, -0.05) is 42.0 Å². The van der Waals surface area contributed by atoms with Crippen molar-refractivity contribution in [2.24, 2.45) is 5.73 Å². The van der Waals surface area contributed by atoms with Gasteiger partial charge in [-0.25, -0.2) is 0 Å². The number of rotatable bonds is 4. The lowest BCUT2D eigenvalue weighted by Crippen LogP contribution is -2.27. The van der Waals surface area contributed by atoms with Crippen molar-refractivity contribution in [1.29, 1.82) is 0 Å². The van der Waals surface area contributed by atoms with Gasteiger partial charge in [0.15, 0.2) is 0 Å². The van der Waals surface area contributed by atoms with Crippen molar-refractivity contribution in [2.75, 3.05) is 5.32 Å². The molecule has 104 valence electrons. The van der Waals surface area contributed by atoms with Gasteiger partial charge in [-0.05, 0) is 30.2 Å². The van der Waals surface area contributed by atoms with Gasteiger partial charge < -0.3 is 16.2 Å². The summed E-state index contributed by atoms with van der Waals surface area (Å²) in [6.45, 7) is 1.92. The Bertz CT molecular complexity index is 594. The number of aliphatic hydroxyl groups excluding tert-OH is 1. The van der Waals surface area contributed by atoms with Crippen molar-refractivity contribution >= 4 is 11.6 Å². The van der Waals surface area contributed by atoms with Crippen LogP contribution in [0, 0.1) is 6.92 Å². The molecule has 0 saturated heterocycles. The zero-order valence-corrected chi connectivity index (χ0v) is 11.3. The van der Waals surface area contributed by atoms with E-state index in [0.29, 0.717) is 5.69 Å². The van der Waals surface area contributed by atoms with E-state index >= 15 is 0 Å². The lowest BCUT2D eigenvalue weighted by molar-refractivity contribution is -0.117. The first kappa shape index (κ1) is 14.2. The second kappa shape index (κ2) is 6.32. The van der Waals surface area contributed by atoms with E-state index in [9.17, 15) is 4.79 Å². The van der Waals surface area contributed by atoms with Crippen molar-refractivity contribution in [3.8, 4) is 0 Å². The molecule has 0 heterocycles. The summed E-state index contributed by atoms with van der Waals surface area (Å²) in [7, 11) is 0. The standard InChI is InChI=1S/C16H18N2O2/c1-11-5-7-13(8-6-11)15(17)16(20)18-14-4-2-3-12(9-14)10-19/h2-9,15,19H,10,17H2,1H3,(H,18,20). The first-order chi connectivity index (χ1) is 9.60. The van der Waals surface area contributed by atoms with Crippen molar-refractivity contribution in [1.82, 2.24) is 0 Å². The lowest BCUT2D eigenvalue weighted by Gasteiger charge is -2.13. The SMILES string of the molecule is Cc1ccc(C(N)C(=O)Nc2cccc(CO)c2)cc1. The first-order valence-electron chi connectivity index (χ1n) is 6.43. The fourth-order valence-corrected chi connectivity index (χ4v) is 1.89. The number of nitrogens with one attached hydrogen (secondary N) is 1. The van der Waals surface area contributed by atoms with Crippen LogP contribution in [0.3, 0.4) is 0 Å². The van der Waals surface area contributed by atoms with Crippen molar-refractivity contribution < 1.29 is 9.90 Å². The minimum atomic E-state index is -0.714. The number of aliphatic hydroxyl groups is 1. The second-order valence-electron chi connectivity index (χ2n) is 4.74. The number of aryl methyl sites for hydroxylation is 1. The molecule has 0 spiro atoms. The van der Waals surface area contributed by atoms with E-state index in [0.717, 1.165) is 16.7 Å². The summed E-state index contributed by atoms with van der Waals surface area (Å²) >= 11 is 0. The van der Waals surface area contributed by atoms with Crippen LogP contribution in [0.2, 0.25) is 0 Å². The van der Waals surface area contributed by atoms with Gasteiger partial charge in [0.05, 0.1) is 6.61 Å². The van der Waals surface area contributed by atoms with E-state index in [-0.39, 0.29) is 12.5 Å². The zero-order valence-electron chi connectivity index (χ0n) is 11.3. The molecule has 0 saturated carbocycles. The van der Waals surface area contributed by atoms with Crippen LogP contribution in [0.5, 0.6) is 0 Å². The second-order valence-corrected chi connectivity index (χ2v) is 4.74. The highest BCUT2D eigenvalue weighted by atomic mass is 16.3. The smallest absolute Gasteiger partial charge is 0.245 e. The van der Waals surface area contributed by atoms with Crippen LogP contribution < -0.4 is 11.1 Å². The van der Waals surface area contributed by atoms with Crippen molar-refractivity contribution in [2.45, 2.75) is 19.6 Å². The van der Waals surface area contributed by atoms with Gasteiger partial charge in [-0.15, -0.1) is 0 Å². The molecule has 0 aliphatic heterocycles. The Morgan fingerprint density at radius 1 is 1.25 bits per heavy atom. The minimum absolute atomic E-state index is 0.0618. The molecule has 2 aromatic rings. The average Bonchev–Trinajstić information content (AvgIpc) is 2.47. The molecule has 2 rings (SSSR count). The van der Waals surface area contributed by atoms with Crippen LogP contribution in [-0.4, -0.2) is 11.0 Å². The molecule has 0 aromatic heterocycles. The minimum Gasteiger partial charge on any atom is -0.392 e. The molecule has 20 heavy (non-hydrogen) atoms. The van der Waals surface area contributed by atoms with Crippen LogP contribution in [0.4, 0.5) is 5.69 Å². The molecule has 0 aliphatic rings. The number of carbonyl (C=O) groups is 1. The van der Waals surface area contributed by atoms with E-state index in [1.165, 1.54) is 0 Å². The molecule has 0 radical (unpaired) electrons. The Labute approximate surface area is 118 Å². The topological polar surface area (TPSA) is 75.4 Å². The lowest BCUT2D eigenvalue weighted by atomic mass is 10.1. The highest BCUT2D eigenvalue weighted by Gasteiger charge is 2.15. The summed E-state index contributed by atoms with van der Waals surface area (Å²) in [5.41, 5.74) is 9.21. The molecule has 4 nitrogen and oxygen atoms in total. The number of nitrogens with two attached hydrogens (primary N) is 1. The summed E-state index contributed by atoms with van der Waals surface area (Å²) in [6.07, 6.45) is 0. The Balaban J connectivity index is 2.09. The number of hydrogen-bond donors (Lipinski definition) is 3. The molecular formula is C16H18N2O2. The predicted octanol–water partition coefficient (Wildman–Crippen LogP) is 2.13. The number of hydrogen-bond acceptors (Lipinski definition) is 3. The summed E-state index contributed by atoms with van der Waals surface area (Å²) < 4.78 is 0. The van der Waals surface area contributed by atoms with E-state index in [1.54, 1.807) is 24.3 Å². The number of amides is 1. The van der Waals surface area contributed by atoms with Crippen molar-refractivity contribution in [3.05, 3.63) is 65.2 Å². The van der Waals surface area contributed by atoms with Gasteiger partial charge in [0, 0.05) is 5.69 Å². The molecule has 4 heteroatoms. The molecule has 0 bridgehead atoms. The van der Waals surface area contributed by atoms with Gasteiger partial charge in [-0.3, -0.25) is 4.79 Å². The van der Waals surface area contributed by atoms with Gasteiger partial charge in [0.2, 0.25) is 5.91 Å². The molecule has 1 atom stereocenters. The van der Waals surface area contributed by atoms with Gasteiger partial charge in [-0.2, -0.15) is 0 Å². The Morgan fingerprint density at radius 2 is 1.95 bits per heavy atom. The number of carbonyl (C=O) groups excluding carboxylic acids is 1. The summed E-state index contributed by atoms with van der Waals surface area (Å²) in [5.74, 6) is -0.274. The van der Waals surface area contributed by atoms with Crippen LogP contribution in [0.15, 0.2) is 48.5 Å². The van der Waals surface area contributed by atoms with Crippen molar-refractivity contribution in [3.63, 3.8) is 0 Å². The zero-order chi connectivity index (χ0) is 14.5. The first-order valence-corrected chi connectivity index (χ1v) is 6.43. The van der Waals surface area contributed by atoms with Crippen LogP contribution in [0.25, 0.3) is 0 Å². The number of anilines is 1. The maximum Gasteiger partial charge on any atom is 0.245 e. The largest absolute Gasteiger partial charge is 0.392 e.